The summed E-state index contributed by atoms with van der Waals surface area (Å²) in [5, 5.41) is 0. The van der Waals surface area contributed by atoms with Crippen LogP contribution >= 0.6 is 0 Å². The molecule has 0 radical (unpaired) electrons. The van der Waals surface area contributed by atoms with Gasteiger partial charge >= 0.3 is 11.9 Å². The van der Waals surface area contributed by atoms with Gasteiger partial charge < -0.3 is 9.47 Å². The summed E-state index contributed by atoms with van der Waals surface area (Å²) in [6.45, 7) is 0. The fourth-order valence-electron chi connectivity index (χ4n) is 2.41. The summed E-state index contributed by atoms with van der Waals surface area (Å²) >= 11 is 0. The molecule has 0 N–H and O–H groups in total. The number of methoxy groups -OCH3 is 2. The smallest absolute Gasteiger partial charge is 0.305 e. The predicted octanol–water partition coefficient (Wildman–Crippen LogP) is 5.68. The van der Waals surface area contributed by atoms with Crippen LogP contribution in [0.4, 0.5) is 0 Å². The van der Waals surface area contributed by atoms with Crippen LogP contribution < -0.4 is 0 Å². The van der Waals surface area contributed by atoms with Gasteiger partial charge in [-0.3, -0.25) is 9.59 Å². The van der Waals surface area contributed by atoms with Crippen molar-refractivity contribution in [1.29, 1.82) is 0 Å². The van der Waals surface area contributed by atoms with Crippen LogP contribution in [0.1, 0.15) is 77.0 Å². The minimum absolute atomic E-state index is 0.102. The Morgan fingerprint density at radius 3 is 1.58 bits per heavy atom. The molecular weight excluding hydrogens is 328 g/mol. The third-order valence-electron chi connectivity index (χ3n) is 4.00. The number of unbranched alkanes of at least 4 members (excludes halogenated alkanes) is 6. The topological polar surface area (TPSA) is 52.6 Å². The standard InChI is InChI=1S/C22H36O4/c1-25-21(23)19-17-15-13-11-9-7-5-3-4-6-8-10-12-14-16-18-20-22(24)26-2/h3,5-6,8,12,14H,4,7,9-11,13,15-20H2,1-2H3. The molecule has 0 fully saturated rings. The first-order chi connectivity index (χ1) is 12.7. The Morgan fingerprint density at radius 1 is 0.577 bits per heavy atom. The third-order valence-corrected chi connectivity index (χ3v) is 4.00. The molecule has 0 saturated carbocycles. The Balaban J connectivity index is 3.35. The Hall–Kier alpha value is -1.84. The number of esters is 2. The van der Waals surface area contributed by atoms with Gasteiger partial charge in [0.15, 0.2) is 0 Å². The van der Waals surface area contributed by atoms with Gasteiger partial charge in [0.1, 0.15) is 0 Å². The van der Waals surface area contributed by atoms with E-state index in [0.717, 1.165) is 44.9 Å². The zero-order valence-corrected chi connectivity index (χ0v) is 16.6. The average molecular weight is 365 g/mol. The molecule has 0 heterocycles. The van der Waals surface area contributed by atoms with E-state index in [0.29, 0.717) is 12.8 Å². The van der Waals surface area contributed by atoms with Gasteiger partial charge in [-0.05, 0) is 44.9 Å². The van der Waals surface area contributed by atoms with Gasteiger partial charge in [-0.15, -0.1) is 0 Å². The van der Waals surface area contributed by atoms with E-state index in [2.05, 4.69) is 45.9 Å². The van der Waals surface area contributed by atoms with E-state index in [1.807, 2.05) is 0 Å². The number of hydrogen-bond donors (Lipinski definition) is 0. The first-order valence-electron chi connectivity index (χ1n) is 9.79. The van der Waals surface area contributed by atoms with E-state index in [1.165, 1.54) is 33.5 Å². The van der Waals surface area contributed by atoms with Crippen molar-refractivity contribution in [1.82, 2.24) is 0 Å². The lowest BCUT2D eigenvalue weighted by Gasteiger charge is -1.99. The molecule has 26 heavy (non-hydrogen) atoms. The molecule has 0 aromatic heterocycles. The van der Waals surface area contributed by atoms with E-state index in [4.69, 9.17) is 0 Å². The lowest BCUT2D eigenvalue weighted by molar-refractivity contribution is -0.141. The lowest BCUT2D eigenvalue weighted by Crippen LogP contribution is -1.98. The summed E-state index contributed by atoms with van der Waals surface area (Å²) in [4.78, 5) is 21.9. The Kier molecular flexibility index (Phi) is 18.1. The normalized spacial score (nSPS) is 11.6. The number of ether oxygens (including phenoxy) is 2. The van der Waals surface area contributed by atoms with Gasteiger partial charge in [-0.2, -0.15) is 0 Å². The van der Waals surface area contributed by atoms with Crippen molar-refractivity contribution < 1.29 is 19.1 Å². The van der Waals surface area contributed by atoms with Crippen LogP contribution in [0, 0.1) is 0 Å². The second kappa shape index (κ2) is 19.5. The highest BCUT2D eigenvalue weighted by Crippen LogP contribution is 2.08. The van der Waals surface area contributed by atoms with E-state index < -0.39 is 0 Å². The second-order valence-electron chi connectivity index (χ2n) is 6.24. The van der Waals surface area contributed by atoms with E-state index in [1.54, 1.807) is 0 Å². The largest absolute Gasteiger partial charge is 0.469 e. The highest BCUT2D eigenvalue weighted by molar-refractivity contribution is 5.69. The SMILES string of the molecule is COC(=O)CCCC=CCC=CCC=CCCCCCCCC(=O)OC. The number of allylic oxidation sites excluding steroid dienone is 6. The molecule has 0 bridgehead atoms. The minimum Gasteiger partial charge on any atom is -0.469 e. The summed E-state index contributed by atoms with van der Waals surface area (Å²) < 4.78 is 9.21. The molecule has 4 nitrogen and oxygen atoms in total. The summed E-state index contributed by atoms with van der Waals surface area (Å²) in [6.07, 6.45) is 24.6. The van der Waals surface area contributed by atoms with Crippen molar-refractivity contribution in [3.05, 3.63) is 36.5 Å². The van der Waals surface area contributed by atoms with Gasteiger partial charge in [0.25, 0.3) is 0 Å². The van der Waals surface area contributed by atoms with Crippen LogP contribution in [0.15, 0.2) is 36.5 Å². The predicted molar refractivity (Wildman–Crippen MR) is 107 cm³/mol. The molecule has 0 aliphatic heterocycles. The van der Waals surface area contributed by atoms with Gasteiger partial charge in [-0.1, -0.05) is 55.7 Å². The van der Waals surface area contributed by atoms with Crippen LogP contribution in [0.25, 0.3) is 0 Å². The maximum absolute atomic E-state index is 10.9. The van der Waals surface area contributed by atoms with Crippen LogP contribution in [0.3, 0.4) is 0 Å². The Morgan fingerprint density at radius 2 is 1.00 bits per heavy atom. The first-order valence-corrected chi connectivity index (χ1v) is 9.79. The molecule has 0 aliphatic rings. The van der Waals surface area contributed by atoms with Crippen LogP contribution in [0.2, 0.25) is 0 Å². The minimum atomic E-state index is -0.136. The molecule has 0 amide bonds. The maximum atomic E-state index is 10.9. The Labute approximate surface area is 159 Å². The fraction of sp³-hybridized carbons (Fsp3) is 0.636. The van der Waals surface area contributed by atoms with E-state index in [-0.39, 0.29) is 11.9 Å². The summed E-state index contributed by atoms with van der Waals surface area (Å²) in [5.41, 5.74) is 0. The maximum Gasteiger partial charge on any atom is 0.305 e. The van der Waals surface area contributed by atoms with Crippen LogP contribution in [-0.4, -0.2) is 26.2 Å². The van der Waals surface area contributed by atoms with Crippen molar-refractivity contribution in [3.63, 3.8) is 0 Å². The molecule has 0 spiro atoms. The zero-order valence-electron chi connectivity index (χ0n) is 16.6. The van der Waals surface area contributed by atoms with Crippen molar-refractivity contribution in [3.8, 4) is 0 Å². The molecule has 0 rings (SSSR count). The van der Waals surface area contributed by atoms with Gasteiger partial charge in [0, 0.05) is 12.8 Å². The molecule has 0 aliphatic carbocycles. The summed E-state index contributed by atoms with van der Waals surface area (Å²) in [5.74, 6) is -0.237. The summed E-state index contributed by atoms with van der Waals surface area (Å²) in [7, 11) is 2.86. The number of carbonyl (C=O) groups excluding carboxylic acids is 2. The Bertz CT molecular complexity index is 435. The van der Waals surface area contributed by atoms with Crippen molar-refractivity contribution >= 4 is 11.9 Å². The monoisotopic (exact) mass is 364 g/mol. The quantitative estimate of drug-likeness (QED) is 0.201. The molecule has 0 atom stereocenters. The van der Waals surface area contributed by atoms with Crippen LogP contribution in [0.5, 0.6) is 0 Å². The lowest BCUT2D eigenvalue weighted by atomic mass is 10.1. The van der Waals surface area contributed by atoms with E-state index >= 15 is 0 Å². The van der Waals surface area contributed by atoms with Crippen LogP contribution in [-0.2, 0) is 19.1 Å². The molecule has 0 aromatic rings. The van der Waals surface area contributed by atoms with Crippen molar-refractivity contribution in [2.75, 3.05) is 14.2 Å². The van der Waals surface area contributed by atoms with Gasteiger partial charge in [0.05, 0.1) is 14.2 Å². The molecule has 4 heteroatoms. The molecule has 0 aromatic carbocycles. The third kappa shape index (κ3) is 18.5. The molecule has 0 saturated heterocycles. The number of rotatable bonds is 16. The zero-order chi connectivity index (χ0) is 19.3. The highest BCUT2D eigenvalue weighted by Gasteiger charge is 1.98. The molecule has 148 valence electrons. The van der Waals surface area contributed by atoms with Gasteiger partial charge in [-0.25, -0.2) is 0 Å². The molecular formula is C22H36O4. The number of hydrogen-bond acceptors (Lipinski definition) is 4. The fourth-order valence-corrected chi connectivity index (χ4v) is 2.41. The first kappa shape index (κ1) is 24.2. The van der Waals surface area contributed by atoms with Crippen molar-refractivity contribution in [2.45, 2.75) is 77.0 Å². The van der Waals surface area contributed by atoms with Crippen molar-refractivity contribution in [2.24, 2.45) is 0 Å². The second-order valence-corrected chi connectivity index (χ2v) is 6.24. The van der Waals surface area contributed by atoms with E-state index in [9.17, 15) is 9.59 Å². The molecule has 0 unspecified atom stereocenters. The summed E-state index contributed by atoms with van der Waals surface area (Å²) in [6, 6.07) is 0. The highest BCUT2D eigenvalue weighted by atomic mass is 16.5. The van der Waals surface area contributed by atoms with Gasteiger partial charge in [0.2, 0.25) is 0 Å². The number of carbonyl (C=O) groups is 2. The average Bonchev–Trinajstić information content (AvgIpc) is 2.66.